The van der Waals surface area contributed by atoms with Gasteiger partial charge >= 0.3 is 0 Å². The Morgan fingerprint density at radius 2 is 2.06 bits per heavy atom. The lowest BCUT2D eigenvalue weighted by atomic mass is 10.1. The summed E-state index contributed by atoms with van der Waals surface area (Å²) in [5.41, 5.74) is 7.90. The first-order chi connectivity index (χ1) is 8.69. The molecule has 2 unspecified atom stereocenters. The summed E-state index contributed by atoms with van der Waals surface area (Å²) in [6, 6.07) is 8.79. The third-order valence-electron chi connectivity index (χ3n) is 3.72. The van der Waals surface area contributed by atoms with Crippen molar-refractivity contribution in [3.63, 3.8) is 0 Å². The highest BCUT2D eigenvalue weighted by Gasteiger charge is 2.24. The van der Waals surface area contributed by atoms with Crippen LogP contribution in [0.2, 0.25) is 0 Å². The van der Waals surface area contributed by atoms with Gasteiger partial charge in [0, 0.05) is 24.8 Å². The second-order valence-electron chi connectivity index (χ2n) is 5.19. The van der Waals surface area contributed by atoms with E-state index in [1.54, 1.807) is 0 Å². The van der Waals surface area contributed by atoms with Crippen molar-refractivity contribution in [1.82, 2.24) is 4.90 Å². The average molecular weight is 248 g/mol. The molecule has 0 spiro atoms. The minimum Gasteiger partial charge on any atom is -0.399 e. The van der Waals surface area contributed by atoms with Crippen LogP contribution in [0.5, 0.6) is 0 Å². The van der Waals surface area contributed by atoms with Gasteiger partial charge < -0.3 is 10.5 Å². The fraction of sp³-hybridized carbons (Fsp3) is 0.600. The van der Waals surface area contributed by atoms with Gasteiger partial charge in [-0.3, -0.25) is 4.90 Å². The second-order valence-corrected chi connectivity index (χ2v) is 5.19. The summed E-state index contributed by atoms with van der Waals surface area (Å²) in [7, 11) is 0. The Kier molecular flexibility index (Phi) is 4.61. The number of ether oxygens (including phenoxy) is 1. The molecule has 1 heterocycles. The van der Waals surface area contributed by atoms with Crippen molar-refractivity contribution in [2.75, 3.05) is 25.4 Å². The molecular weight excluding hydrogens is 224 g/mol. The van der Waals surface area contributed by atoms with Crippen molar-refractivity contribution in [1.29, 1.82) is 0 Å². The summed E-state index contributed by atoms with van der Waals surface area (Å²) in [4.78, 5) is 2.56. The van der Waals surface area contributed by atoms with Crippen LogP contribution < -0.4 is 5.73 Å². The number of nitrogen functional groups attached to an aromatic ring is 1. The van der Waals surface area contributed by atoms with Gasteiger partial charge in [0.25, 0.3) is 0 Å². The van der Waals surface area contributed by atoms with Crippen LogP contribution in [0.15, 0.2) is 24.3 Å². The predicted octanol–water partition coefficient (Wildman–Crippen LogP) is 2.31. The largest absolute Gasteiger partial charge is 0.399 e. The quantitative estimate of drug-likeness (QED) is 0.831. The molecule has 18 heavy (non-hydrogen) atoms. The van der Waals surface area contributed by atoms with E-state index in [-0.39, 0.29) is 0 Å². The van der Waals surface area contributed by atoms with Gasteiger partial charge in [0.1, 0.15) is 0 Å². The molecule has 1 aliphatic rings. The molecule has 1 fully saturated rings. The molecule has 0 amide bonds. The lowest BCUT2D eigenvalue weighted by Crippen LogP contribution is -2.49. The first kappa shape index (κ1) is 13.4. The second kappa shape index (κ2) is 6.21. The van der Waals surface area contributed by atoms with Crippen LogP contribution in [0.25, 0.3) is 0 Å². The normalized spacial score (nSPS) is 25.2. The predicted molar refractivity (Wildman–Crippen MR) is 75.6 cm³/mol. The SMILES string of the molecule is CCC1COC(C)CN1CCc1ccc(N)cc1. The topological polar surface area (TPSA) is 38.5 Å². The van der Waals surface area contributed by atoms with Crippen molar-refractivity contribution < 1.29 is 4.74 Å². The highest BCUT2D eigenvalue weighted by Crippen LogP contribution is 2.15. The Balaban J connectivity index is 1.89. The van der Waals surface area contributed by atoms with E-state index in [0.717, 1.165) is 38.2 Å². The van der Waals surface area contributed by atoms with Crippen molar-refractivity contribution >= 4 is 5.69 Å². The smallest absolute Gasteiger partial charge is 0.0674 e. The van der Waals surface area contributed by atoms with Gasteiger partial charge in [-0.1, -0.05) is 19.1 Å². The van der Waals surface area contributed by atoms with Crippen molar-refractivity contribution in [2.45, 2.75) is 38.8 Å². The zero-order valence-electron chi connectivity index (χ0n) is 11.4. The Morgan fingerprint density at radius 3 is 2.72 bits per heavy atom. The molecule has 1 saturated heterocycles. The van der Waals surface area contributed by atoms with Gasteiger partial charge in [-0.05, 0) is 37.5 Å². The van der Waals surface area contributed by atoms with Crippen LogP contribution in [0.3, 0.4) is 0 Å². The number of hydrogen-bond acceptors (Lipinski definition) is 3. The average Bonchev–Trinajstić information content (AvgIpc) is 2.38. The summed E-state index contributed by atoms with van der Waals surface area (Å²) < 4.78 is 5.72. The molecule has 1 aromatic carbocycles. The van der Waals surface area contributed by atoms with E-state index in [1.165, 1.54) is 5.56 Å². The minimum absolute atomic E-state index is 0.360. The standard InChI is InChI=1S/C15H24N2O/c1-3-15-11-18-12(2)10-17(15)9-8-13-4-6-14(16)7-5-13/h4-7,12,15H,3,8-11,16H2,1-2H3. The van der Waals surface area contributed by atoms with Crippen LogP contribution in [-0.4, -0.2) is 36.7 Å². The number of morpholine rings is 1. The number of nitrogens with two attached hydrogens (primary N) is 1. The third-order valence-corrected chi connectivity index (χ3v) is 3.72. The van der Waals surface area contributed by atoms with E-state index in [4.69, 9.17) is 10.5 Å². The van der Waals surface area contributed by atoms with Gasteiger partial charge in [-0.15, -0.1) is 0 Å². The van der Waals surface area contributed by atoms with E-state index in [0.29, 0.717) is 12.1 Å². The molecule has 1 aliphatic heterocycles. The fourth-order valence-electron chi connectivity index (χ4n) is 2.52. The summed E-state index contributed by atoms with van der Waals surface area (Å²) in [5.74, 6) is 0. The molecule has 3 heteroatoms. The third kappa shape index (κ3) is 3.47. The van der Waals surface area contributed by atoms with Gasteiger partial charge in [0.15, 0.2) is 0 Å². The van der Waals surface area contributed by atoms with E-state index in [1.807, 2.05) is 12.1 Å². The number of nitrogens with zero attached hydrogens (tertiary/aromatic N) is 1. The number of hydrogen-bond donors (Lipinski definition) is 1. The molecule has 2 rings (SSSR count). The lowest BCUT2D eigenvalue weighted by molar-refractivity contribution is -0.0552. The maximum Gasteiger partial charge on any atom is 0.0674 e. The molecule has 100 valence electrons. The van der Waals surface area contributed by atoms with Crippen LogP contribution in [-0.2, 0) is 11.2 Å². The first-order valence-electron chi connectivity index (χ1n) is 6.89. The Labute approximate surface area is 110 Å². The van der Waals surface area contributed by atoms with Crippen LogP contribution in [0, 0.1) is 0 Å². The van der Waals surface area contributed by atoms with Crippen molar-refractivity contribution in [2.24, 2.45) is 0 Å². The van der Waals surface area contributed by atoms with Crippen LogP contribution in [0.4, 0.5) is 5.69 Å². The van der Waals surface area contributed by atoms with Gasteiger partial charge in [-0.25, -0.2) is 0 Å². The molecule has 2 N–H and O–H groups in total. The van der Waals surface area contributed by atoms with E-state index in [2.05, 4.69) is 30.9 Å². The summed E-state index contributed by atoms with van der Waals surface area (Å²) >= 11 is 0. The molecule has 0 bridgehead atoms. The van der Waals surface area contributed by atoms with Gasteiger partial charge in [-0.2, -0.15) is 0 Å². The lowest BCUT2D eigenvalue weighted by Gasteiger charge is -2.38. The molecule has 0 aliphatic carbocycles. The highest BCUT2D eigenvalue weighted by molar-refractivity contribution is 5.39. The highest BCUT2D eigenvalue weighted by atomic mass is 16.5. The van der Waals surface area contributed by atoms with Gasteiger partial charge in [0.05, 0.1) is 12.7 Å². The maximum absolute atomic E-state index is 5.72. The summed E-state index contributed by atoms with van der Waals surface area (Å²) in [5, 5.41) is 0. The number of anilines is 1. The van der Waals surface area contributed by atoms with E-state index < -0.39 is 0 Å². The zero-order valence-corrected chi connectivity index (χ0v) is 11.4. The summed E-state index contributed by atoms with van der Waals surface area (Å²) in [6.07, 6.45) is 2.61. The van der Waals surface area contributed by atoms with Crippen molar-refractivity contribution in [3.05, 3.63) is 29.8 Å². The number of rotatable bonds is 4. The first-order valence-corrected chi connectivity index (χ1v) is 6.89. The molecule has 0 radical (unpaired) electrons. The van der Waals surface area contributed by atoms with Crippen molar-refractivity contribution in [3.8, 4) is 0 Å². The van der Waals surface area contributed by atoms with E-state index in [9.17, 15) is 0 Å². The monoisotopic (exact) mass is 248 g/mol. The number of benzene rings is 1. The molecular formula is C15H24N2O. The molecule has 2 atom stereocenters. The molecule has 3 nitrogen and oxygen atoms in total. The summed E-state index contributed by atoms with van der Waals surface area (Å²) in [6.45, 7) is 7.42. The molecule has 0 saturated carbocycles. The fourth-order valence-corrected chi connectivity index (χ4v) is 2.52. The maximum atomic E-state index is 5.72. The van der Waals surface area contributed by atoms with Crippen LogP contribution >= 0.6 is 0 Å². The molecule has 0 aromatic heterocycles. The van der Waals surface area contributed by atoms with Crippen LogP contribution in [0.1, 0.15) is 25.8 Å². The molecule has 1 aromatic rings. The Morgan fingerprint density at radius 1 is 1.33 bits per heavy atom. The Bertz CT molecular complexity index is 363. The van der Waals surface area contributed by atoms with E-state index >= 15 is 0 Å². The Hall–Kier alpha value is -1.06. The zero-order chi connectivity index (χ0) is 13.0. The van der Waals surface area contributed by atoms with Gasteiger partial charge in [0.2, 0.25) is 0 Å². The minimum atomic E-state index is 0.360.